The normalized spacial score (nSPS) is 16.4. The van der Waals surface area contributed by atoms with Crippen molar-refractivity contribution in [3.8, 4) is 0 Å². The van der Waals surface area contributed by atoms with E-state index in [1.165, 1.54) is 0 Å². The first-order valence-electron chi connectivity index (χ1n) is 4.77. The molecule has 4 nitrogen and oxygen atoms in total. The van der Waals surface area contributed by atoms with Crippen LogP contribution in [0.15, 0.2) is 0 Å². The Morgan fingerprint density at radius 3 is 1.53 bits per heavy atom. The molecule has 0 bridgehead atoms. The monoisotopic (exact) mass is 364 g/mol. The van der Waals surface area contributed by atoms with Gasteiger partial charge in [0.25, 0.3) is 0 Å². The first-order chi connectivity index (χ1) is 6.91. The molecule has 92 valence electrons. The van der Waals surface area contributed by atoms with Crippen molar-refractivity contribution in [2.45, 2.75) is 22.1 Å². The van der Waals surface area contributed by atoms with Crippen molar-refractivity contribution in [1.29, 1.82) is 0 Å². The Kier molecular flexibility index (Phi) is 9.19. The molecular formula is C8H20O4S2Sn. The van der Waals surface area contributed by atoms with Gasteiger partial charge in [-0.2, -0.15) is 0 Å². The second-order valence-corrected chi connectivity index (χ2v) is 33.3. The summed E-state index contributed by atoms with van der Waals surface area (Å²) in [7, 11) is 3.47. The summed E-state index contributed by atoms with van der Waals surface area (Å²) in [6.45, 7) is -0.391. The van der Waals surface area contributed by atoms with Crippen LogP contribution in [0.5, 0.6) is 0 Å². The fraction of sp³-hybridized carbons (Fsp3) is 1.00. The molecule has 0 spiro atoms. The molecule has 0 heterocycles. The van der Waals surface area contributed by atoms with E-state index >= 15 is 0 Å². The van der Waals surface area contributed by atoms with Crippen LogP contribution in [0.4, 0.5) is 0 Å². The quantitative estimate of drug-likeness (QED) is 0.450. The zero-order valence-electron chi connectivity index (χ0n) is 9.09. The van der Waals surface area contributed by atoms with Gasteiger partial charge in [0.15, 0.2) is 0 Å². The summed E-state index contributed by atoms with van der Waals surface area (Å²) in [6.07, 6.45) is -1.29. The van der Waals surface area contributed by atoms with E-state index in [-0.39, 0.29) is 13.2 Å². The van der Waals surface area contributed by atoms with Crippen LogP contribution in [0.1, 0.15) is 0 Å². The molecule has 7 heteroatoms. The topological polar surface area (TPSA) is 80.9 Å². The van der Waals surface area contributed by atoms with Crippen molar-refractivity contribution in [2.24, 2.45) is 0 Å². The summed E-state index contributed by atoms with van der Waals surface area (Å²) in [5.41, 5.74) is 0. The third-order valence-corrected chi connectivity index (χ3v) is 23.7. The fourth-order valence-corrected chi connectivity index (χ4v) is 17.5. The minimum atomic E-state index is -2.30. The van der Waals surface area contributed by atoms with Crippen LogP contribution in [-0.4, -0.2) is 73.0 Å². The Morgan fingerprint density at radius 1 is 0.933 bits per heavy atom. The van der Waals surface area contributed by atoms with E-state index in [0.29, 0.717) is 11.5 Å². The van der Waals surface area contributed by atoms with Crippen LogP contribution < -0.4 is 0 Å². The van der Waals surface area contributed by atoms with Gasteiger partial charge in [-0.3, -0.25) is 0 Å². The van der Waals surface area contributed by atoms with E-state index in [9.17, 15) is 10.2 Å². The summed E-state index contributed by atoms with van der Waals surface area (Å²) in [6, 6.07) is 0. The van der Waals surface area contributed by atoms with Crippen molar-refractivity contribution in [1.82, 2.24) is 0 Å². The second-order valence-electron chi connectivity index (χ2n) is 3.69. The predicted molar refractivity (Wildman–Crippen MR) is 68.6 cm³/mol. The van der Waals surface area contributed by atoms with Crippen molar-refractivity contribution in [3.05, 3.63) is 0 Å². The van der Waals surface area contributed by atoms with E-state index in [4.69, 9.17) is 10.2 Å². The third kappa shape index (κ3) is 9.08. The molecule has 0 amide bonds. The van der Waals surface area contributed by atoms with E-state index in [1.54, 1.807) is 17.9 Å². The second kappa shape index (κ2) is 8.43. The number of aliphatic hydroxyl groups excluding tert-OH is 4. The molecule has 0 aromatic carbocycles. The number of aliphatic hydroxyl groups is 4. The molecule has 2 atom stereocenters. The van der Waals surface area contributed by atoms with Crippen LogP contribution in [0.2, 0.25) is 9.88 Å². The molecule has 0 aliphatic rings. The molecule has 15 heavy (non-hydrogen) atoms. The molecule has 2 unspecified atom stereocenters. The van der Waals surface area contributed by atoms with Crippen LogP contribution in [0, 0.1) is 0 Å². The molecule has 0 aliphatic carbocycles. The van der Waals surface area contributed by atoms with Gasteiger partial charge in [0, 0.05) is 0 Å². The minimum absolute atomic E-state index is 0.196. The molecule has 0 saturated heterocycles. The maximum atomic E-state index is 9.21. The summed E-state index contributed by atoms with van der Waals surface area (Å²) in [5, 5.41) is 35.8. The van der Waals surface area contributed by atoms with Crippen LogP contribution in [0.25, 0.3) is 0 Å². The molecule has 0 aliphatic heterocycles. The van der Waals surface area contributed by atoms with E-state index < -0.39 is 27.8 Å². The SMILES string of the molecule is [CH3][Sn]([CH3])([S]CC(O)CO)[S]CC(O)CO. The molecule has 0 saturated carbocycles. The summed E-state index contributed by atoms with van der Waals surface area (Å²) in [5.74, 6) is 1.11. The molecule has 0 aromatic rings. The van der Waals surface area contributed by atoms with Gasteiger partial charge >= 0.3 is 101 Å². The molecule has 0 radical (unpaired) electrons. The molecular weight excluding hydrogens is 343 g/mol. The van der Waals surface area contributed by atoms with Crippen LogP contribution in [-0.2, 0) is 0 Å². The Balaban J connectivity index is 3.75. The maximum absolute atomic E-state index is 9.21. The van der Waals surface area contributed by atoms with E-state index in [2.05, 4.69) is 9.88 Å². The number of hydrogen-bond donors (Lipinski definition) is 4. The van der Waals surface area contributed by atoms with E-state index in [0.717, 1.165) is 0 Å². The van der Waals surface area contributed by atoms with Crippen molar-refractivity contribution < 1.29 is 20.4 Å². The molecule has 0 rings (SSSR count). The molecule has 0 aromatic heterocycles. The van der Waals surface area contributed by atoms with Gasteiger partial charge in [0.2, 0.25) is 0 Å². The average Bonchev–Trinajstić information content (AvgIpc) is 2.22. The number of rotatable bonds is 8. The van der Waals surface area contributed by atoms with Crippen molar-refractivity contribution >= 4 is 33.5 Å². The number of hydrogen-bond acceptors (Lipinski definition) is 6. The average molecular weight is 363 g/mol. The molecule has 4 N–H and O–H groups in total. The molecule has 0 fully saturated rings. The summed E-state index contributed by atoms with van der Waals surface area (Å²) >= 11 is -2.30. The first-order valence-corrected chi connectivity index (χ1v) is 19.4. The van der Waals surface area contributed by atoms with Gasteiger partial charge in [-0.15, -0.1) is 0 Å². The zero-order chi connectivity index (χ0) is 11.9. The Bertz CT molecular complexity index is 155. The Labute approximate surface area is 100 Å². The predicted octanol–water partition coefficient (Wildman–Crippen LogP) is -0.139. The van der Waals surface area contributed by atoms with Gasteiger partial charge < -0.3 is 0 Å². The first kappa shape index (κ1) is 16.3. The van der Waals surface area contributed by atoms with Crippen LogP contribution >= 0.6 is 17.9 Å². The Hall–Kier alpha value is 1.34. The zero-order valence-corrected chi connectivity index (χ0v) is 13.6. The van der Waals surface area contributed by atoms with E-state index in [1.807, 2.05) is 0 Å². The van der Waals surface area contributed by atoms with Gasteiger partial charge in [0.1, 0.15) is 0 Å². The van der Waals surface area contributed by atoms with Gasteiger partial charge in [-0.1, -0.05) is 0 Å². The Morgan fingerprint density at radius 2 is 1.27 bits per heavy atom. The van der Waals surface area contributed by atoms with Crippen LogP contribution in [0.3, 0.4) is 0 Å². The fourth-order valence-electron chi connectivity index (χ4n) is 0.741. The van der Waals surface area contributed by atoms with Crippen molar-refractivity contribution in [3.63, 3.8) is 0 Å². The van der Waals surface area contributed by atoms with Gasteiger partial charge in [-0.05, 0) is 0 Å². The summed E-state index contributed by atoms with van der Waals surface area (Å²) in [4.78, 5) is 4.39. The standard InChI is InChI=1S/2C3H8O2S.2CH3.Sn/c2*4-1-3(5)2-6;;;/h2*3-6H,1-2H2;2*1H3;/q;;;;+2/p-2. The van der Waals surface area contributed by atoms with Gasteiger partial charge in [0.05, 0.1) is 0 Å². The van der Waals surface area contributed by atoms with Gasteiger partial charge in [-0.25, -0.2) is 0 Å². The van der Waals surface area contributed by atoms with Crippen molar-refractivity contribution in [2.75, 3.05) is 24.7 Å². The third-order valence-electron chi connectivity index (χ3n) is 1.67. The summed E-state index contributed by atoms with van der Waals surface area (Å²) < 4.78 is 0.